The highest BCUT2D eigenvalue weighted by Crippen LogP contribution is 2.34. The summed E-state index contributed by atoms with van der Waals surface area (Å²) in [6, 6.07) is 14.2. The maximum atomic E-state index is 12.6. The molecule has 1 N–H and O–H groups in total. The van der Waals surface area contributed by atoms with E-state index in [4.69, 9.17) is 9.47 Å². The van der Waals surface area contributed by atoms with E-state index in [-0.39, 0.29) is 18.5 Å². The molecule has 0 saturated heterocycles. The maximum Gasteiger partial charge on any atom is 0.241 e. The van der Waals surface area contributed by atoms with Crippen molar-refractivity contribution in [1.29, 1.82) is 0 Å². The number of ether oxygens (including phenoxy) is 2. The third kappa shape index (κ3) is 4.75. The Labute approximate surface area is 165 Å². The number of rotatable bonds is 7. The third-order valence-electron chi connectivity index (χ3n) is 4.45. The average molecular weight is 404 g/mol. The summed E-state index contributed by atoms with van der Waals surface area (Å²) in [5, 5.41) is 2.92. The highest BCUT2D eigenvalue weighted by atomic mass is 32.2. The van der Waals surface area contributed by atoms with Crippen LogP contribution in [0.4, 0.5) is 5.69 Å². The Kier molecular flexibility index (Phi) is 6.08. The summed E-state index contributed by atoms with van der Waals surface area (Å²) in [5.41, 5.74) is 1.33. The monoisotopic (exact) mass is 404 g/mol. The number of nitrogens with one attached hydrogen (secondary N) is 1. The molecule has 2 aromatic carbocycles. The summed E-state index contributed by atoms with van der Waals surface area (Å²) in [5.74, 6) is 0.646. The summed E-state index contributed by atoms with van der Waals surface area (Å²) in [7, 11) is -3.67. The van der Waals surface area contributed by atoms with Crippen LogP contribution in [0, 0.1) is 0 Å². The van der Waals surface area contributed by atoms with Gasteiger partial charge < -0.3 is 14.8 Å². The minimum absolute atomic E-state index is 0.185. The lowest BCUT2D eigenvalue weighted by molar-refractivity contribution is -0.120. The van der Waals surface area contributed by atoms with Crippen LogP contribution in [-0.2, 0) is 14.8 Å². The van der Waals surface area contributed by atoms with Crippen LogP contribution in [0.2, 0.25) is 0 Å². The Balaban J connectivity index is 1.78. The maximum absolute atomic E-state index is 12.6. The van der Waals surface area contributed by atoms with Gasteiger partial charge in [-0.2, -0.15) is 0 Å². The van der Waals surface area contributed by atoms with E-state index in [0.29, 0.717) is 36.8 Å². The van der Waals surface area contributed by atoms with E-state index in [1.807, 2.05) is 37.3 Å². The van der Waals surface area contributed by atoms with E-state index < -0.39 is 10.0 Å². The number of benzene rings is 2. The third-order valence-corrected chi connectivity index (χ3v) is 5.59. The van der Waals surface area contributed by atoms with Gasteiger partial charge in [0, 0.05) is 6.07 Å². The smallest absolute Gasteiger partial charge is 0.241 e. The van der Waals surface area contributed by atoms with Gasteiger partial charge >= 0.3 is 0 Å². The van der Waals surface area contributed by atoms with E-state index in [1.54, 1.807) is 18.2 Å². The van der Waals surface area contributed by atoms with Gasteiger partial charge in [-0.3, -0.25) is 9.10 Å². The molecule has 0 bridgehead atoms. The Morgan fingerprint density at radius 1 is 1.11 bits per heavy atom. The van der Waals surface area contributed by atoms with Gasteiger partial charge in [0.25, 0.3) is 0 Å². The molecule has 2 aromatic rings. The normalized spacial score (nSPS) is 14.2. The first-order valence-electron chi connectivity index (χ1n) is 9.10. The van der Waals surface area contributed by atoms with E-state index in [2.05, 4.69) is 5.32 Å². The van der Waals surface area contributed by atoms with E-state index in [1.165, 1.54) is 0 Å². The fourth-order valence-electron chi connectivity index (χ4n) is 3.06. The number of nitrogens with zero attached hydrogens (tertiary/aromatic N) is 1. The molecule has 1 atom stereocenters. The highest BCUT2D eigenvalue weighted by Gasteiger charge is 2.24. The van der Waals surface area contributed by atoms with Crippen molar-refractivity contribution in [3.8, 4) is 11.5 Å². The Hall–Kier alpha value is -2.74. The second-order valence-electron chi connectivity index (χ2n) is 6.54. The number of anilines is 1. The number of carbonyl (C=O) groups excluding carboxylic acids is 1. The van der Waals surface area contributed by atoms with Crippen molar-refractivity contribution in [2.45, 2.75) is 19.4 Å². The number of hydrogen-bond acceptors (Lipinski definition) is 5. The first-order chi connectivity index (χ1) is 13.4. The van der Waals surface area contributed by atoms with Crippen molar-refractivity contribution in [2.24, 2.45) is 0 Å². The standard InChI is InChI=1S/C20H24N2O5S/c1-3-17(15-7-5-4-6-8-15)21-20(23)14-22(28(2,24)25)16-9-10-18-19(13-16)27-12-11-26-18/h4-10,13,17H,3,11-12,14H2,1-2H3,(H,21,23). The minimum atomic E-state index is -3.67. The SMILES string of the molecule is CCC(NC(=O)CN(c1ccc2c(c1)OCCO2)S(C)(=O)=O)c1ccccc1. The molecule has 150 valence electrons. The largest absolute Gasteiger partial charge is 0.486 e. The second kappa shape index (κ2) is 8.52. The number of hydrogen-bond donors (Lipinski definition) is 1. The Morgan fingerprint density at radius 2 is 1.79 bits per heavy atom. The van der Waals surface area contributed by atoms with Crippen LogP contribution in [-0.4, -0.2) is 40.3 Å². The molecule has 28 heavy (non-hydrogen) atoms. The molecule has 3 rings (SSSR count). The quantitative estimate of drug-likeness (QED) is 0.766. The van der Waals surface area contributed by atoms with Crippen LogP contribution in [0.5, 0.6) is 11.5 Å². The molecule has 1 unspecified atom stereocenters. The molecule has 8 heteroatoms. The van der Waals surface area contributed by atoms with Crippen LogP contribution >= 0.6 is 0 Å². The minimum Gasteiger partial charge on any atom is -0.486 e. The molecular weight excluding hydrogens is 380 g/mol. The molecule has 0 aromatic heterocycles. The molecule has 0 saturated carbocycles. The lowest BCUT2D eigenvalue weighted by Gasteiger charge is -2.26. The van der Waals surface area contributed by atoms with Crippen molar-refractivity contribution in [3.05, 3.63) is 54.1 Å². The molecule has 1 aliphatic rings. The van der Waals surface area contributed by atoms with Crippen LogP contribution in [0.3, 0.4) is 0 Å². The fourth-order valence-corrected chi connectivity index (χ4v) is 3.91. The lowest BCUT2D eigenvalue weighted by Crippen LogP contribution is -2.41. The van der Waals surface area contributed by atoms with Gasteiger partial charge in [-0.05, 0) is 24.1 Å². The molecule has 1 aliphatic heterocycles. The van der Waals surface area contributed by atoms with Crippen molar-refractivity contribution in [2.75, 3.05) is 30.3 Å². The van der Waals surface area contributed by atoms with Gasteiger partial charge in [0.05, 0.1) is 18.0 Å². The van der Waals surface area contributed by atoms with Crippen LogP contribution in [0.25, 0.3) is 0 Å². The first-order valence-corrected chi connectivity index (χ1v) is 10.9. The predicted molar refractivity (Wildman–Crippen MR) is 107 cm³/mol. The van der Waals surface area contributed by atoms with E-state index in [9.17, 15) is 13.2 Å². The van der Waals surface area contributed by atoms with E-state index >= 15 is 0 Å². The summed E-state index contributed by atoms with van der Waals surface area (Å²) in [4.78, 5) is 12.6. The van der Waals surface area contributed by atoms with Crippen LogP contribution < -0.4 is 19.1 Å². The lowest BCUT2D eigenvalue weighted by atomic mass is 10.0. The topological polar surface area (TPSA) is 84.9 Å². The van der Waals surface area contributed by atoms with E-state index in [0.717, 1.165) is 16.1 Å². The van der Waals surface area contributed by atoms with Crippen molar-refractivity contribution in [1.82, 2.24) is 5.32 Å². The van der Waals surface area contributed by atoms with Crippen molar-refractivity contribution < 1.29 is 22.7 Å². The molecule has 0 fully saturated rings. The molecule has 1 amide bonds. The van der Waals surface area contributed by atoms with Crippen molar-refractivity contribution >= 4 is 21.6 Å². The zero-order valence-corrected chi connectivity index (χ0v) is 16.7. The number of carbonyl (C=O) groups is 1. The molecule has 1 heterocycles. The summed E-state index contributed by atoms with van der Waals surface area (Å²) in [6.45, 7) is 2.49. The molecule has 7 nitrogen and oxygen atoms in total. The molecule has 0 aliphatic carbocycles. The Morgan fingerprint density at radius 3 is 2.43 bits per heavy atom. The summed E-state index contributed by atoms with van der Waals surface area (Å²) < 4.78 is 36.7. The van der Waals surface area contributed by atoms with Gasteiger partial charge in [-0.1, -0.05) is 37.3 Å². The predicted octanol–water partition coefficient (Wildman–Crippen LogP) is 2.49. The highest BCUT2D eigenvalue weighted by molar-refractivity contribution is 7.92. The number of sulfonamides is 1. The van der Waals surface area contributed by atoms with Gasteiger partial charge in [0.1, 0.15) is 19.8 Å². The van der Waals surface area contributed by atoms with Gasteiger partial charge in [0.15, 0.2) is 11.5 Å². The van der Waals surface area contributed by atoms with Gasteiger partial charge in [0.2, 0.25) is 15.9 Å². The number of amides is 1. The first kappa shape index (κ1) is 20.0. The zero-order valence-electron chi connectivity index (χ0n) is 15.9. The average Bonchev–Trinajstić information content (AvgIpc) is 2.69. The van der Waals surface area contributed by atoms with Crippen LogP contribution in [0.1, 0.15) is 24.9 Å². The molecule has 0 radical (unpaired) electrons. The fraction of sp³-hybridized carbons (Fsp3) is 0.350. The van der Waals surface area contributed by atoms with Gasteiger partial charge in [-0.15, -0.1) is 0 Å². The summed E-state index contributed by atoms with van der Waals surface area (Å²) in [6.07, 6.45) is 1.77. The van der Waals surface area contributed by atoms with Crippen LogP contribution in [0.15, 0.2) is 48.5 Å². The Bertz CT molecular complexity index is 931. The molecular formula is C20H24N2O5S. The zero-order chi connectivity index (χ0) is 20.1. The molecule has 0 spiro atoms. The summed E-state index contributed by atoms with van der Waals surface area (Å²) >= 11 is 0. The van der Waals surface area contributed by atoms with Crippen molar-refractivity contribution in [3.63, 3.8) is 0 Å². The number of fused-ring (bicyclic) bond motifs is 1. The van der Waals surface area contributed by atoms with Gasteiger partial charge in [-0.25, -0.2) is 8.42 Å². The second-order valence-corrected chi connectivity index (χ2v) is 8.44.